The molecule has 0 saturated carbocycles. The second-order valence-corrected chi connectivity index (χ2v) is 7.50. The molecular weight excluding hydrogens is 318 g/mol. The summed E-state index contributed by atoms with van der Waals surface area (Å²) in [5, 5.41) is 4.13. The molecule has 2 aromatic rings. The lowest BCUT2D eigenvalue weighted by Crippen LogP contribution is -2.23. The number of rotatable bonds is 5. The summed E-state index contributed by atoms with van der Waals surface area (Å²) >= 11 is 0. The molecule has 1 atom stereocenters. The number of hydrogen-bond donors (Lipinski definition) is 0. The van der Waals surface area contributed by atoms with Crippen molar-refractivity contribution in [3.05, 3.63) is 35.5 Å². The van der Waals surface area contributed by atoms with Crippen LogP contribution in [0.1, 0.15) is 56.9 Å². The molecule has 6 heteroatoms. The van der Waals surface area contributed by atoms with Gasteiger partial charge >= 0.3 is 0 Å². The Bertz CT molecular complexity index is 721. The van der Waals surface area contributed by atoms with Crippen molar-refractivity contribution in [2.45, 2.75) is 51.6 Å². The van der Waals surface area contributed by atoms with Crippen LogP contribution in [-0.2, 0) is 12.0 Å². The Kier molecular flexibility index (Phi) is 4.99. The van der Waals surface area contributed by atoms with Crippen molar-refractivity contribution in [1.82, 2.24) is 15.0 Å². The van der Waals surface area contributed by atoms with Crippen LogP contribution in [0, 0.1) is 0 Å². The molecule has 1 aromatic heterocycles. The molecular formula is C19H27N3O3. The molecule has 1 aliphatic rings. The van der Waals surface area contributed by atoms with Crippen molar-refractivity contribution in [3.63, 3.8) is 0 Å². The van der Waals surface area contributed by atoms with Crippen LogP contribution in [0.2, 0.25) is 0 Å². The van der Waals surface area contributed by atoms with Crippen LogP contribution in [0.15, 0.2) is 22.7 Å². The van der Waals surface area contributed by atoms with Gasteiger partial charge in [-0.2, -0.15) is 4.98 Å². The molecule has 0 radical (unpaired) electrons. The summed E-state index contributed by atoms with van der Waals surface area (Å²) < 4.78 is 16.4. The van der Waals surface area contributed by atoms with Gasteiger partial charge in [0.15, 0.2) is 5.82 Å². The quantitative estimate of drug-likeness (QED) is 0.823. The standard InChI is InChI=1S/C19H27N3O3/c1-19(2,3)18-20-17(25-21-18)12-22-10-6-7-15(22)14-9-8-13(23-4)11-16(14)24-5/h8-9,11,15H,6-7,10,12H2,1-5H3/t15-/m1/s1. The van der Waals surface area contributed by atoms with E-state index in [4.69, 9.17) is 14.0 Å². The molecule has 1 aromatic carbocycles. The largest absolute Gasteiger partial charge is 0.497 e. The van der Waals surface area contributed by atoms with Crippen LogP contribution < -0.4 is 9.47 Å². The molecule has 3 rings (SSSR count). The molecule has 0 amide bonds. The third-order valence-electron chi connectivity index (χ3n) is 4.64. The zero-order valence-corrected chi connectivity index (χ0v) is 15.7. The van der Waals surface area contributed by atoms with Gasteiger partial charge in [0.2, 0.25) is 5.89 Å². The molecule has 1 aliphatic heterocycles. The topological polar surface area (TPSA) is 60.6 Å². The Morgan fingerprint density at radius 2 is 2.04 bits per heavy atom. The molecule has 0 unspecified atom stereocenters. The molecule has 2 heterocycles. The average Bonchev–Trinajstić information content (AvgIpc) is 3.24. The monoisotopic (exact) mass is 345 g/mol. The number of hydrogen-bond acceptors (Lipinski definition) is 6. The second-order valence-electron chi connectivity index (χ2n) is 7.50. The van der Waals surface area contributed by atoms with Crippen molar-refractivity contribution in [1.29, 1.82) is 0 Å². The van der Waals surface area contributed by atoms with E-state index in [2.05, 4.69) is 41.9 Å². The summed E-state index contributed by atoms with van der Waals surface area (Å²) in [6, 6.07) is 6.30. The SMILES string of the molecule is COc1ccc([C@H]2CCCN2Cc2nc(C(C)(C)C)no2)c(OC)c1. The highest BCUT2D eigenvalue weighted by Crippen LogP contribution is 2.39. The van der Waals surface area contributed by atoms with Crippen LogP contribution >= 0.6 is 0 Å². The van der Waals surface area contributed by atoms with E-state index in [-0.39, 0.29) is 11.5 Å². The van der Waals surface area contributed by atoms with Crippen molar-refractivity contribution in [3.8, 4) is 11.5 Å². The van der Waals surface area contributed by atoms with E-state index in [1.165, 1.54) is 5.56 Å². The van der Waals surface area contributed by atoms with E-state index in [9.17, 15) is 0 Å². The predicted octanol–water partition coefficient (Wildman–Crippen LogP) is 3.72. The van der Waals surface area contributed by atoms with E-state index in [1.54, 1.807) is 14.2 Å². The molecule has 6 nitrogen and oxygen atoms in total. The van der Waals surface area contributed by atoms with E-state index in [1.807, 2.05) is 12.1 Å². The lowest BCUT2D eigenvalue weighted by Gasteiger charge is -2.25. The maximum Gasteiger partial charge on any atom is 0.240 e. The van der Waals surface area contributed by atoms with E-state index in [0.717, 1.165) is 36.7 Å². The Hall–Kier alpha value is -2.08. The number of ether oxygens (including phenoxy) is 2. The van der Waals surface area contributed by atoms with Crippen LogP contribution in [0.4, 0.5) is 0 Å². The second kappa shape index (κ2) is 7.04. The predicted molar refractivity (Wildman–Crippen MR) is 94.9 cm³/mol. The summed E-state index contributed by atoms with van der Waals surface area (Å²) in [6.45, 7) is 7.92. The van der Waals surface area contributed by atoms with Gasteiger partial charge < -0.3 is 14.0 Å². The number of likely N-dealkylation sites (tertiary alicyclic amines) is 1. The highest BCUT2D eigenvalue weighted by Gasteiger charge is 2.30. The van der Waals surface area contributed by atoms with Crippen LogP contribution in [0.3, 0.4) is 0 Å². The molecule has 0 N–H and O–H groups in total. The first-order chi connectivity index (χ1) is 11.9. The highest BCUT2D eigenvalue weighted by molar-refractivity contribution is 5.42. The minimum atomic E-state index is -0.106. The molecule has 0 bridgehead atoms. The smallest absolute Gasteiger partial charge is 0.240 e. The van der Waals surface area contributed by atoms with Gasteiger partial charge in [-0.1, -0.05) is 32.0 Å². The van der Waals surface area contributed by atoms with E-state index in [0.29, 0.717) is 12.4 Å². The van der Waals surface area contributed by atoms with Gasteiger partial charge in [-0.3, -0.25) is 4.90 Å². The van der Waals surface area contributed by atoms with Crippen LogP contribution in [-0.4, -0.2) is 35.8 Å². The van der Waals surface area contributed by atoms with Crippen LogP contribution in [0.25, 0.3) is 0 Å². The Labute approximate surface area is 149 Å². The summed E-state index contributed by atoms with van der Waals surface area (Å²) in [6.07, 6.45) is 2.23. The molecule has 0 aliphatic carbocycles. The van der Waals surface area contributed by atoms with Gasteiger partial charge in [0.05, 0.1) is 20.8 Å². The fourth-order valence-corrected chi connectivity index (χ4v) is 3.26. The molecule has 1 saturated heterocycles. The van der Waals surface area contributed by atoms with Gasteiger partial charge in [-0.05, 0) is 25.5 Å². The Morgan fingerprint density at radius 1 is 1.24 bits per heavy atom. The van der Waals surface area contributed by atoms with Gasteiger partial charge in [0.1, 0.15) is 11.5 Å². The van der Waals surface area contributed by atoms with Gasteiger partial charge in [-0.15, -0.1) is 0 Å². The Morgan fingerprint density at radius 3 is 2.68 bits per heavy atom. The fourth-order valence-electron chi connectivity index (χ4n) is 3.26. The lowest BCUT2D eigenvalue weighted by atomic mass is 9.96. The van der Waals surface area contributed by atoms with Crippen LogP contribution in [0.5, 0.6) is 11.5 Å². The number of aromatic nitrogens is 2. The van der Waals surface area contributed by atoms with Crippen molar-refractivity contribution >= 4 is 0 Å². The first kappa shape index (κ1) is 17.7. The summed E-state index contributed by atoms with van der Waals surface area (Å²) in [4.78, 5) is 6.95. The average molecular weight is 345 g/mol. The highest BCUT2D eigenvalue weighted by atomic mass is 16.5. The normalized spacial score (nSPS) is 18.5. The zero-order valence-electron chi connectivity index (χ0n) is 15.7. The summed E-state index contributed by atoms with van der Waals surface area (Å²) in [7, 11) is 3.36. The molecule has 1 fully saturated rings. The van der Waals surface area contributed by atoms with Gasteiger partial charge in [0, 0.05) is 23.1 Å². The van der Waals surface area contributed by atoms with Gasteiger partial charge in [-0.25, -0.2) is 0 Å². The third-order valence-corrected chi connectivity index (χ3v) is 4.64. The van der Waals surface area contributed by atoms with Crippen molar-refractivity contribution < 1.29 is 14.0 Å². The maximum absolute atomic E-state index is 5.59. The zero-order chi connectivity index (χ0) is 18.0. The summed E-state index contributed by atoms with van der Waals surface area (Å²) in [5.74, 6) is 3.08. The minimum absolute atomic E-state index is 0.106. The van der Waals surface area contributed by atoms with Crippen molar-refractivity contribution in [2.24, 2.45) is 0 Å². The van der Waals surface area contributed by atoms with E-state index < -0.39 is 0 Å². The number of nitrogens with zero attached hydrogens (tertiary/aromatic N) is 3. The third kappa shape index (κ3) is 3.79. The molecule has 25 heavy (non-hydrogen) atoms. The maximum atomic E-state index is 5.59. The minimum Gasteiger partial charge on any atom is -0.497 e. The fraction of sp³-hybridized carbons (Fsp3) is 0.579. The lowest BCUT2D eigenvalue weighted by molar-refractivity contribution is 0.208. The molecule has 0 spiro atoms. The van der Waals surface area contributed by atoms with E-state index >= 15 is 0 Å². The number of benzene rings is 1. The summed E-state index contributed by atoms with van der Waals surface area (Å²) in [5.41, 5.74) is 1.07. The molecule has 136 valence electrons. The Balaban J connectivity index is 1.80. The van der Waals surface area contributed by atoms with Gasteiger partial charge in [0.25, 0.3) is 0 Å². The first-order valence-electron chi connectivity index (χ1n) is 8.71. The first-order valence-corrected chi connectivity index (χ1v) is 8.71. The van der Waals surface area contributed by atoms with Crippen molar-refractivity contribution in [2.75, 3.05) is 20.8 Å². The number of methoxy groups -OCH3 is 2.